The van der Waals surface area contributed by atoms with Gasteiger partial charge in [-0.2, -0.15) is 10.2 Å². The lowest BCUT2D eigenvalue weighted by atomic mass is 10.2. The van der Waals surface area contributed by atoms with Crippen LogP contribution in [0.1, 0.15) is 16.1 Å². The third-order valence-electron chi connectivity index (χ3n) is 3.08. The lowest BCUT2D eigenvalue weighted by Gasteiger charge is -2.07. The van der Waals surface area contributed by atoms with E-state index < -0.39 is 0 Å². The molecular formula is C14H10Cl2IN5O. The summed E-state index contributed by atoms with van der Waals surface area (Å²) in [6.07, 6.45) is 3.32. The van der Waals surface area contributed by atoms with Gasteiger partial charge in [-0.15, -0.1) is 0 Å². The van der Waals surface area contributed by atoms with Crippen LogP contribution in [-0.4, -0.2) is 25.9 Å². The molecule has 3 aromatic rings. The standard InChI is InChI=1S/C14H10Cl2IN5O/c15-9-2-1-3-10(16)8(9)7-22-5-4-12(21-22)19-14(23)13-11(17)6-18-20-13/h1-6H,7H2,(H,18,20)(H,19,21,23). The normalized spacial score (nSPS) is 10.7. The molecule has 23 heavy (non-hydrogen) atoms. The van der Waals surface area contributed by atoms with E-state index in [1.54, 1.807) is 41.3 Å². The molecule has 0 atom stereocenters. The van der Waals surface area contributed by atoms with E-state index >= 15 is 0 Å². The molecule has 0 saturated carbocycles. The molecule has 0 bridgehead atoms. The highest BCUT2D eigenvalue weighted by Gasteiger charge is 2.14. The van der Waals surface area contributed by atoms with Gasteiger partial charge in [-0.3, -0.25) is 14.6 Å². The van der Waals surface area contributed by atoms with E-state index in [-0.39, 0.29) is 5.91 Å². The molecule has 1 amide bonds. The number of amides is 1. The van der Waals surface area contributed by atoms with Gasteiger partial charge in [0.1, 0.15) is 5.69 Å². The summed E-state index contributed by atoms with van der Waals surface area (Å²) < 4.78 is 2.39. The molecule has 0 aliphatic heterocycles. The number of H-pyrrole nitrogens is 1. The van der Waals surface area contributed by atoms with Crippen molar-refractivity contribution in [3.05, 3.63) is 61.5 Å². The van der Waals surface area contributed by atoms with Crippen molar-refractivity contribution in [2.24, 2.45) is 0 Å². The van der Waals surface area contributed by atoms with Gasteiger partial charge in [0.05, 0.1) is 16.3 Å². The first kappa shape index (κ1) is 16.3. The van der Waals surface area contributed by atoms with Crippen LogP contribution in [0.4, 0.5) is 5.82 Å². The lowest BCUT2D eigenvalue weighted by molar-refractivity contribution is 0.102. The van der Waals surface area contributed by atoms with E-state index in [2.05, 4.69) is 20.6 Å². The third-order valence-corrected chi connectivity index (χ3v) is 4.61. The highest BCUT2D eigenvalue weighted by Crippen LogP contribution is 2.25. The van der Waals surface area contributed by atoms with Crippen LogP contribution >= 0.6 is 45.8 Å². The maximum atomic E-state index is 12.1. The molecule has 0 saturated heterocycles. The van der Waals surface area contributed by atoms with Gasteiger partial charge in [0.25, 0.3) is 5.91 Å². The topological polar surface area (TPSA) is 75.6 Å². The van der Waals surface area contributed by atoms with Crippen molar-refractivity contribution >= 4 is 57.5 Å². The number of carbonyl (C=O) groups excluding carboxylic acids is 1. The van der Waals surface area contributed by atoms with E-state index in [4.69, 9.17) is 23.2 Å². The first-order valence-corrected chi connectivity index (χ1v) is 8.34. The molecule has 1 aromatic carbocycles. The minimum absolute atomic E-state index is 0.298. The van der Waals surface area contributed by atoms with Crippen molar-refractivity contribution in [1.29, 1.82) is 0 Å². The van der Waals surface area contributed by atoms with E-state index in [0.717, 1.165) is 9.13 Å². The average Bonchev–Trinajstić information content (AvgIpc) is 3.12. The Morgan fingerprint density at radius 1 is 1.30 bits per heavy atom. The average molecular weight is 462 g/mol. The summed E-state index contributed by atoms with van der Waals surface area (Å²) in [5, 5.41) is 14.6. The number of hydrogen-bond donors (Lipinski definition) is 2. The van der Waals surface area contributed by atoms with Crippen molar-refractivity contribution < 1.29 is 4.79 Å². The number of carbonyl (C=O) groups is 1. The molecule has 2 N–H and O–H groups in total. The quantitative estimate of drug-likeness (QED) is 0.580. The SMILES string of the molecule is O=C(Nc1ccn(Cc2c(Cl)cccc2Cl)n1)c1[nH]ncc1I. The summed E-state index contributed by atoms with van der Waals surface area (Å²) in [7, 11) is 0. The summed E-state index contributed by atoms with van der Waals surface area (Å²) >= 11 is 14.3. The van der Waals surface area contributed by atoms with Gasteiger partial charge in [0.15, 0.2) is 5.82 Å². The lowest BCUT2D eigenvalue weighted by Crippen LogP contribution is -2.14. The second kappa shape index (κ2) is 6.90. The number of halogens is 3. The minimum atomic E-state index is -0.298. The Hall–Kier alpha value is -1.58. The molecule has 0 fully saturated rings. The molecule has 2 heterocycles. The largest absolute Gasteiger partial charge is 0.304 e. The summed E-state index contributed by atoms with van der Waals surface area (Å²) in [5.74, 6) is 0.136. The molecule has 0 unspecified atom stereocenters. The molecule has 2 aromatic heterocycles. The highest BCUT2D eigenvalue weighted by atomic mass is 127. The van der Waals surface area contributed by atoms with Crippen molar-refractivity contribution in [2.75, 3.05) is 5.32 Å². The predicted molar refractivity (Wildman–Crippen MR) is 97.0 cm³/mol. The van der Waals surface area contributed by atoms with Gasteiger partial charge >= 0.3 is 0 Å². The van der Waals surface area contributed by atoms with Gasteiger partial charge in [0.2, 0.25) is 0 Å². The number of nitrogens with one attached hydrogen (secondary N) is 2. The zero-order valence-corrected chi connectivity index (χ0v) is 15.2. The number of hydrogen-bond acceptors (Lipinski definition) is 3. The molecule has 0 spiro atoms. The number of benzene rings is 1. The van der Waals surface area contributed by atoms with Gasteiger partial charge in [-0.1, -0.05) is 29.3 Å². The number of aromatic nitrogens is 4. The number of rotatable bonds is 4. The minimum Gasteiger partial charge on any atom is -0.304 e. The van der Waals surface area contributed by atoms with E-state index in [0.29, 0.717) is 28.1 Å². The van der Waals surface area contributed by atoms with Crippen LogP contribution in [0.15, 0.2) is 36.7 Å². The zero-order valence-electron chi connectivity index (χ0n) is 11.6. The second-order valence-corrected chi connectivity index (χ2v) is 6.62. The molecule has 3 rings (SSSR count). The Labute approximate surface area is 155 Å². The fourth-order valence-corrected chi connectivity index (χ4v) is 2.99. The van der Waals surface area contributed by atoms with Gasteiger partial charge in [-0.05, 0) is 34.7 Å². The first-order chi connectivity index (χ1) is 11.0. The van der Waals surface area contributed by atoms with E-state index in [9.17, 15) is 4.79 Å². The maximum absolute atomic E-state index is 12.1. The highest BCUT2D eigenvalue weighted by molar-refractivity contribution is 14.1. The smallest absolute Gasteiger partial charge is 0.275 e. The van der Waals surface area contributed by atoms with Crippen LogP contribution in [0.5, 0.6) is 0 Å². The molecular weight excluding hydrogens is 452 g/mol. The molecule has 6 nitrogen and oxygen atoms in total. The Balaban J connectivity index is 1.74. The Morgan fingerprint density at radius 2 is 2.04 bits per heavy atom. The molecule has 9 heteroatoms. The Morgan fingerprint density at radius 3 is 2.70 bits per heavy atom. The van der Waals surface area contributed by atoms with Crippen molar-refractivity contribution in [1.82, 2.24) is 20.0 Å². The molecule has 0 radical (unpaired) electrons. The first-order valence-electron chi connectivity index (χ1n) is 6.51. The third kappa shape index (κ3) is 3.67. The summed E-state index contributed by atoms with van der Waals surface area (Å²) in [6, 6.07) is 7.03. The van der Waals surface area contributed by atoms with E-state index in [1.807, 2.05) is 22.6 Å². The summed E-state index contributed by atoms with van der Waals surface area (Å²) in [6.45, 7) is 0.413. The van der Waals surface area contributed by atoms with Gasteiger partial charge < -0.3 is 5.32 Å². The van der Waals surface area contributed by atoms with E-state index in [1.165, 1.54) is 0 Å². The van der Waals surface area contributed by atoms with Crippen molar-refractivity contribution in [2.45, 2.75) is 6.54 Å². The fraction of sp³-hybridized carbons (Fsp3) is 0.0714. The Kier molecular flexibility index (Phi) is 4.88. The second-order valence-electron chi connectivity index (χ2n) is 4.65. The number of anilines is 1. The Bertz CT molecular complexity index is 840. The zero-order chi connectivity index (χ0) is 16.4. The van der Waals surface area contributed by atoms with Crippen LogP contribution in [0.25, 0.3) is 0 Å². The van der Waals surface area contributed by atoms with Gasteiger partial charge in [0, 0.05) is 27.9 Å². The molecule has 118 valence electrons. The fourth-order valence-electron chi connectivity index (χ4n) is 1.97. The van der Waals surface area contributed by atoms with Gasteiger partial charge in [-0.25, -0.2) is 0 Å². The number of aromatic amines is 1. The van der Waals surface area contributed by atoms with Crippen LogP contribution in [0.3, 0.4) is 0 Å². The summed E-state index contributed by atoms with van der Waals surface area (Å²) in [5.41, 5.74) is 1.18. The van der Waals surface area contributed by atoms with Crippen molar-refractivity contribution in [3.8, 4) is 0 Å². The predicted octanol–water partition coefficient (Wildman–Crippen LogP) is 3.82. The molecule has 0 aliphatic rings. The maximum Gasteiger partial charge on any atom is 0.275 e. The van der Waals surface area contributed by atoms with Crippen LogP contribution in [0.2, 0.25) is 10.0 Å². The van der Waals surface area contributed by atoms with Crippen LogP contribution in [-0.2, 0) is 6.54 Å². The summed E-state index contributed by atoms with van der Waals surface area (Å²) in [4.78, 5) is 12.1. The monoisotopic (exact) mass is 461 g/mol. The van der Waals surface area contributed by atoms with Crippen molar-refractivity contribution in [3.63, 3.8) is 0 Å². The number of nitrogens with zero attached hydrogens (tertiary/aromatic N) is 3. The van der Waals surface area contributed by atoms with Crippen LogP contribution in [0, 0.1) is 3.57 Å². The van der Waals surface area contributed by atoms with Crippen LogP contribution < -0.4 is 5.32 Å². The molecule has 0 aliphatic carbocycles.